The first-order chi connectivity index (χ1) is 9.69. The summed E-state index contributed by atoms with van der Waals surface area (Å²) in [5, 5.41) is 9.34. The first kappa shape index (κ1) is 13.9. The van der Waals surface area contributed by atoms with Crippen LogP contribution < -0.4 is 14.8 Å². The van der Waals surface area contributed by atoms with Gasteiger partial charge in [-0.1, -0.05) is 0 Å². The van der Waals surface area contributed by atoms with Crippen molar-refractivity contribution < 1.29 is 14.3 Å². The zero-order valence-electron chi connectivity index (χ0n) is 11.5. The third-order valence-electron chi connectivity index (χ3n) is 2.65. The third kappa shape index (κ3) is 3.74. The molecule has 1 heterocycles. The Bertz CT molecular complexity index is 563. The van der Waals surface area contributed by atoms with Gasteiger partial charge in [-0.2, -0.15) is 5.10 Å². The molecular weight excluding hydrogens is 258 g/mol. The van der Waals surface area contributed by atoms with Crippen molar-refractivity contribution in [2.24, 2.45) is 0 Å². The number of hydrogen-bond acceptors (Lipinski definition) is 4. The Morgan fingerprint density at radius 3 is 2.60 bits per heavy atom. The van der Waals surface area contributed by atoms with Crippen LogP contribution in [0.5, 0.6) is 11.5 Å². The van der Waals surface area contributed by atoms with E-state index < -0.39 is 0 Å². The van der Waals surface area contributed by atoms with E-state index in [9.17, 15) is 4.79 Å². The van der Waals surface area contributed by atoms with E-state index in [2.05, 4.69) is 15.5 Å². The first-order valence-electron chi connectivity index (χ1n) is 6.26. The zero-order chi connectivity index (χ0) is 14.4. The monoisotopic (exact) mass is 275 g/mol. The number of methoxy groups -OCH3 is 1. The summed E-state index contributed by atoms with van der Waals surface area (Å²) in [6, 6.07) is 8.97. The van der Waals surface area contributed by atoms with E-state index in [0.29, 0.717) is 18.8 Å². The number of rotatable bonds is 6. The lowest BCUT2D eigenvalue weighted by molar-refractivity contribution is 0.0942. The topological polar surface area (TPSA) is 76.2 Å². The van der Waals surface area contributed by atoms with Gasteiger partial charge in [0.1, 0.15) is 23.8 Å². The van der Waals surface area contributed by atoms with Gasteiger partial charge in [-0.15, -0.1) is 0 Å². The van der Waals surface area contributed by atoms with Gasteiger partial charge in [-0.25, -0.2) is 0 Å². The number of nitrogens with zero attached hydrogens (tertiary/aromatic N) is 1. The molecule has 0 aliphatic rings. The average Bonchev–Trinajstić information content (AvgIpc) is 2.91. The predicted octanol–water partition coefficient (Wildman–Crippen LogP) is 1.54. The molecule has 0 aliphatic heterocycles. The summed E-state index contributed by atoms with van der Waals surface area (Å²) in [6.07, 6.45) is 0. The first-order valence-corrected chi connectivity index (χ1v) is 6.26. The second-order valence-electron chi connectivity index (χ2n) is 4.22. The Morgan fingerprint density at radius 1 is 1.30 bits per heavy atom. The van der Waals surface area contributed by atoms with Crippen LogP contribution >= 0.6 is 0 Å². The summed E-state index contributed by atoms with van der Waals surface area (Å²) in [5.41, 5.74) is 1.23. The number of aryl methyl sites for hydroxylation is 1. The standard InChI is InChI=1S/C14H17N3O3/c1-10-9-13(17-16-10)14(18)15-7-8-20-12-5-3-11(19-2)4-6-12/h3-6,9H,7-8H2,1-2H3,(H,15,18)(H,16,17). The molecule has 0 atom stereocenters. The minimum absolute atomic E-state index is 0.215. The second kappa shape index (κ2) is 6.60. The number of benzene rings is 1. The van der Waals surface area contributed by atoms with Crippen molar-refractivity contribution >= 4 is 5.91 Å². The largest absolute Gasteiger partial charge is 0.497 e. The maximum Gasteiger partial charge on any atom is 0.271 e. The van der Waals surface area contributed by atoms with E-state index in [-0.39, 0.29) is 5.91 Å². The molecule has 0 unspecified atom stereocenters. The molecule has 1 aromatic carbocycles. The quantitative estimate of drug-likeness (QED) is 0.784. The highest BCUT2D eigenvalue weighted by molar-refractivity contribution is 5.92. The fourth-order valence-electron chi connectivity index (χ4n) is 1.63. The number of aromatic nitrogens is 2. The van der Waals surface area contributed by atoms with E-state index >= 15 is 0 Å². The average molecular weight is 275 g/mol. The van der Waals surface area contributed by atoms with Crippen LogP contribution in [0.2, 0.25) is 0 Å². The molecule has 1 amide bonds. The smallest absolute Gasteiger partial charge is 0.271 e. The Morgan fingerprint density at radius 2 is 2.00 bits per heavy atom. The lowest BCUT2D eigenvalue weighted by Gasteiger charge is -2.07. The fourth-order valence-corrected chi connectivity index (χ4v) is 1.63. The summed E-state index contributed by atoms with van der Waals surface area (Å²) in [4.78, 5) is 11.7. The van der Waals surface area contributed by atoms with Crippen molar-refractivity contribution in [3.8, 4) is 11.5 Å². The molecule has 1 aromatic heterocycles. The molecule has 20 heavy (non-hydrogen) atoms. The maximum absolute atomic E-state index is 11.7. The van der Waals surface area contributed by atoms with Gasteiger partial charge in [0.15, 0.2) is 0 Å². The van der Waals surface area contributed by atoms with Crippen LogP contribution in [-0.4, -0.2) is 36.4 Å². The minimum Gasteiger partial charge on any atom is -0.497 e. The Labute approximate surface area is 117 Å². The maximum atomic E-state index is 11.7. The number of amides is 1. The van der Waals surface area contributed by atoms with Gasteiger partial charge in [-0.05, 0) is 37.3 Å². The van der Waals surface area contributed by atoms with Crippen LogP contribution in [0.4, 0.5) is 0 Å². The molecule has 0 fully saturated rings. The van der Waals surface area contributed by atoms with Gasteiger partial charge in [-0.3, -0.25) is 9.89 Å². The minimum atomic E-state index is -0.215. The molecule has 0 aliphatic carbocycles. The van der Waals surface area contributed by atoms with Gasteiger partial charge in [0, 0.05) is 5.69 Å². The third-order valence-corrected chi connectivity index (χ3v) is 2.65. The molecule has 6 heteroatoms. The SMILES string of the molecule is COc1ccc(OCCNC(=O)c2cc(C)[nH]n2)cc1. The van der Waals surface area contributed by atoms with Gasteiger partial charge in [0.25, 0.3) is 5.91 Å². The zero-order valence-corrected chi connectivity index (χ0v) is 11.5. The lowest BCUT2D eigenvalue weighted by Crippen LogP contribution is -2.28. The molecule has 0 bridgehead atoms. The van der Waals surface area contributed by atoms with Gasteiger partial charge >= 0.3 is 0 Å². The van der Waals surface area contributed by atoms with Crippen molar-refractivity contribution in [2.45, 2.75) is 6.92 Å². The van der Waals surface area contributed by atoms with Crippen LogP contribution in [0.3, 0.4) is 0 Å². The van der Waals surface area contributed by atoms with Crippen molar-refractivity contribution in [3.05, 3.63) is 41.7 Å². The summed E-state index contributed by atoms with van der Waals surface area (Å²) in [7, 11) is 1.61. The summed E-state index contributed by atoms with van der Waals surface area (Å²) in [6.45, 7) is 2.65. The van der Waals surface area contributed by atoms with E-state index in [0.717, 1.165) is 17.2 Å². The van der Waals surface area contributed by atoms with Gasteiger partial charge < -0.3 is 14.8 Å². The number of carbonyl (C=O) groups excluding carboxylic acids is 1. The molecule has 106 valence electrons. The van der Waals surface area contributed by atoms with E-state index in [4.69, 9.17) is 9.47 Å². The van der Waals surface area contributed by atoms with E-state index in [1.807, 2.05) is 31.2 Å². The van der Waals surface area contributed by atoms with E-state index in [1.165, 1.54) is 0 Å². The van der Waals surface area contributed by atoms with Crippen LogP contribution in [0.15, 0.2) is 30.3 Å². The van der Waals surface area contributed by atoms with Crippen molar-refractivity contribution in [1.29, 1.82) is 0 Å². The molecule has 2 aromatic rings. The van der Waals surface area contributed by atoms with Gasteiger partial charge in [0.05, 0.1) is 13.7 Å². The van der Waals surface area contributed by atoms with E-state index in [1.54, 1.807) is 13.2 Å². The Balaban J connectivity index is 1.72. The van der Waals surface area contributed by atoms with Crippen molar-refractivity contribution in [3.63, 3.8) is 0 Å². The highest BCUT2D eigenvalue weighted by atomic mass is 16.5. The number of ether oxygens (including phenoxy) is 2. The molecule has 2 N–H and O–H groups in total. The molecule has 0 saturated carbocycles. The Hall–Kier alpha value is -2.50. The number of aromatic amines is 1. The fraction of sp³-hybridized carbons (Fsp3) is 0.286. The molecular formula is C14H17N3O3. The highest BCUT2D eigenvalue weighted by Gasteiger charge is 2.07. The molecule has 6 nitrogen and oxygen atoms in total. The number of H-pyrrole nitrogens is 1. The lowest BCUT2D eigenvalue weighted by atomic mass is 10.3. The Kier molecular flexibility index (Phi) is 4.60. The van der Waals surface area contributed by atoms with Crippen LogP contribution in [0, 0.1) is 6.92 Å². The summed E-state index contributed by atoms with van der Waals surface area (Å²) >= 11 is 0. The molecule has 2 rings (SSSR count). The summed E-state index contributed by atoms with van der Waals surface area (Å²) in [5.74, 6) is 1.29. The number of nitrogens with one attached hydrogen (secondary N) is 2. The van der Waals surface area contributed by atoms with Crippen LogP contribution in [-0.2, 0) is 0 Å². The van der Waals surface area contributed by atoms with Crippen molar-refractivity contribution in [1.82, 2.24) is 15.5 Å². The number of carbonyl (C=O) groups is 1. The van der Waals surface area contributed by atoms with Crippen LogP contribution in [0.25, 0.3) is 0 Å². The second-order valence-corrected chi connectivity index (χ2v) is 4.22. The highest BCUT2D eigenvalue weighted by Crippen LogP contribution is 2.16. The van der Waals surface area contributed by atoms with Crippen LogP contribution in [0.1, 0.15) is 16.2 Å². The molecule has 0 spiro atoms. The van der Waals surface area contributed by atoms with Gasteiger partial charge in [0.2, 0.25) is 0 Å². The predicted molar refractivity (Wildman–Crippen MR) is 74.1 cm³/mol. The molecule has 0 radical (unpaired) electrons. The normalized spacial score (nSPS) is 10.1. The molecule has 0 saturated heterocycles. The summed E-state index contributed by atoms with van der Waals surface area (Å²) < 4.78 is 10.6. The number of hydrogen-bond donors (Lipinski definition) is 2. The van der Waals surface area contributed by atoms with Crippen molar-refractivity contribution in [2.75, 3.05) is 20.3 Å².